The molecule has 0 unspecified atom stereocenters. The van der Waals surface area contributed by atoms with Gasteiger partial charge in [-0.2, -0.15) is 0 Å². The molecule has 114 valence electrons. The Morgan fingerprint density at radius 3 is 3.00 bits per heavy atom. The van der Waals surface area contributed by atoms with Gasteiger partial charge in [-0.25, -0.2) is 0 Å². The van der Waals surface area contributed by atoms with Crippen molar-refractivity contribution in [3.05, 3.63) is 34.9 Å². The van der Waals surface area contributed by atoms with Gasteiger partial charge in [-0.15, -0.1) is 0 Å². The van der Waals surface area contributed by atoms with Crippen molar-refractivity contribution in [1.29, 1.82) is 0 Å². The second kappa shape index (κ2) is 5.95. The number of nitrogens with one attached hydrogen (secondary N) is 1. The summed E-state index contributed by atoms with van der Waals surface area (Å²) in [4.78, 5) is 14.8. The Kier molecular flexibility index (Phi) is 4.20. The fraction of sp³-hybridized carbons (Fsp3) is 0.562. The van der Waals surface area contributed by atoms with Gasteiger partial charge >= 0.3 is 0 Å². The molecule has 1 aromatic carbocycles. The van der Waals surface area contributed by atoms with Gasteiger partial charge in [-0.05, 0) is 37.6 Å². The van der Waals surface area contributed by atoms with E-state index in [1.165, 1.54) is 0 Å². The first-order valence-corrected chi connectivity index (χ1v) is 7.82. The lowest BCUT2D eigenvalue weighted by molar-refractivity contribution is -0.124. The molecule has 21 heavy (non-hydrogen) atoms. The van der Waals surface area contributed by atoms with Gasteiger partial charge in [0, 0.05) is 24.7 Å². The van der Waals surface area contributed by atoms with Crippen molar-refractivity contribution in [2.45, 2.75) is 24.4 Å². The summed E-state index contributed by atoms with van der Waals surface area (Å²) in [5.74, 6) is 0.0987. The van der Waals surface area contributed by atoms with Gasteiger partial charge in [0.25, 0.3) is 0 Å². The number of amides is 1. The summed E-state index contributed by atoms with van der Waals surface area (Å²) in [5.41, 5.74) is 0.653. The van der Waals surface area contributed by atoms with Crippen molar-refractivity contribution >= 4 is 17.5 Å². The van der Waals surface area contributed by atoms with E-state index in [2.05, 4.69) is 17.3 Å². The minimum absolute atomic E-state index is 0.0860. The first-order chi connectivity index (χ1) is 10.1. The van der Waals surface area contributed by atoms with Crippen molar-refractivity contribution in [1.82, 2.24) is 10.2 Å². The molecule has 2 aliphatic rings. The number of hydrogen-bond donors (Lipinski definition) is 1. The molecule has 1 aromatic rings. The lowest BCUT2D eigenvalue weighted by Gasteiger charge is -2.30. The Balaban J connectivity index is 1.60. The largest absolute Gasteiger partial charge is 0.374 e. The second-order valence-electron chi connectivity index (χ2n) is 6.06. The monoisotopic (exact) mass is 308 g/mol. The summed E-state index contributed by atoms with van der Waals surface area (Å²) >= 11 is 6.04. The van der Waals surface area contributed by atoms with Crippen molar-refractivity contribution in [2.24, 2.45) is 0 Å². The highest BCUT2D eigenvalue weighted by atomic mass is 35.5. The molecule has 1 amide bonds. The van der Waals surface area contributed by atoms with Crippen LogP contribution in [0.5, 0.6) is 0 Å². The molecule has 1 N–H and O–H groups in total. The second-order valence-corrected chi connectivity index (χ2v) is 6.49. The van der Waals surface area contributed by atoms with E-state index in [9.17, 15) is 4.79 Å². The highest BCUT2D eigenvalue weighted by molar-refractivity contribution is 6.30. The maximum Gasteiger partial charge on any atom is 0.230 e. The highest BCUT2D eigenvalue weighted by Crippen LogP contribution is 2.48. The van der Waals surface area contributed by atoms with Crippen molar-refractivity contribution < 1.29 is 9.53 Å². The highest BCUT2D eigenvalue weighted by Gasteiger charge is 2.51. The number of benzene rings is 1. The number of morpholine rings is 1. The molecule has 1 atom stereocenters. The third-order valence-electron chi connectivity index (χ3n) is 4.39. The Morgan fingerprint density at radius 1 is 1.52 bits per heavy atom. The lowest BCUT2D eigenvalue weighted by Crippen LogP contribution is -2.47. The predicted octanol–water partition coefficient (Wildman–Crippen LogP) is 1.82. The molecule has 3 rings (SSSR count). The van der Waals surface area contributed by atoms with E-state index in [0.717, 1.165) is 38.1 Å². The molecule has 0 aromatic heterocycles. The summed E-state index contributed by atoms with van der Waals surface area (Å²) in [6.45, 7) is 3.13. The van der Waals surface area contributed by atoms with E-state index in [1.807, 2.05) is 24.3 Å². The van der Waals surface area contributed by atoms with Crippen molar-refractivity contribution in [2.75, 3.05) is 33.3 Å². The zero-order valence-electron chi connectivity index (χ0n) is 12.3. The van der Waals surface area contributed by atoms with Gasteiger partial charge in [-0.1, -0.05) is 23.7 Å². The van der Waals surface area contributed by atoms with Gasteiger partial charge in [-0.3, -0.25) is 4.79 Å². The molecule has 1 saturated heterocycles. The summed E-state index contributed by atoms with van der Waals surface area (Å²) in [5, 5.41) is 3.74. The van der Waals surface area contributed by atoms with Crippen LogP contribution in [0.4, 0.5) is 0 Å². The van der Waals surface area contributed by atoms with Crippen molar-refractivity contribution in [3.8, 4) is 0 Å². The SMILES string of the molecule is CN1CCO[C@H](CNC(=O)C2(c3cccc(Cl)c3)CC2)C1. The van der Waals surface area contributed by atoms with Gasteiger partial charge in [0.1, 0.15) is 0 Å². The van der Waals surface area contributed by atoms with Crippen LogP contribution in [-0.2, 0) is 14.9 Å². The number of rotatable bonds is 4. The molecule has 1 aliphatic carbocycles. The van der Waals surface area contributed by atoms with Crippen LogP contribution >= 0.6 is 11.6 Å². The van der Waals surface area contributed by atoms with Crippen LogP contribution in [0.3, 0.4) is 0 Å². The van der Waals surface area contributed by atoms with Gasteiger partial charge in [0.05, 0.1) is 18.1 Å². The van der Waals surface area contributed by atoms with Gasteiger partial charge in [0.15, 0.2) is 0 Å². The minimum Gasteiger partial charge on any atom is -0.374 e. The number of carbonyl (C=O) groups is 1. The molecule has 0 bridgehead atoms. The maximum absolute atomic E-state index is 12.5. The summed E-state index contributed by atoms with van der Waals surface area (Å²) < 4.78 is 5.68. The van der Waals surface area contributed by atoms with Crippen LogP contribution in [0, 0.1) is 0 Å². The normalized spacial score (nSPS) is 24.6. The van der Waals surface area contributed by atoms with E-state index in [4.69, 9.17) is 16.3 Å². The van der Waals surface area contributed by atoms with Crippen molar-refractivity contribution in [3.63, 3.8) is 0 Å². The molecule has 5 heteroatoms. The van der Waals surface area contributed by atoms with Gasteiger partial charge in [0.2, 0.25) is 5.91 Å². The Hall–Kier alpha value is -1.10. The fourth-order valence-electron chi connectivity index (χ4n) is 2.92. The van der Waals surface area contributed by atoms with E-state index in [1.54, 1.807) is 0 Å². The van der Waals surface area contributed by atoms with Gasteiger partial charge < -0.3 is 15.0 Å². The Bertz CT molecular complexity index is 531. The average Bonchev–Trinajstić information content (AvgIpc) is 3.26. The summed E-state index contributed by atoms with van der Waals surface area (Å²) in [6.07, 6.45) is 1.87. The third-order valence-corrected chi connectivity index (χ3v) is 4.63. The Labute approximate surface area is 130 Å². The number of carbonyl (C=O) groups excluding carboxylic acids is 1. The van der Waals surface area contributed by atoms with Crippen LogP contribution in [0.1, 0.15) is 18.4 Å². The molecule has 1 aliphatic heterocycles. The fourth-order valence-corrected chi connectivity index (χ4v) is 3.11. The first-order valence-electron chi connectivity index (χ1n) is 7.45. The molecule has 1 saturated carbocycles. The van der Waals surface area contributed by atoms with Crippen LogP contribution in [0.25, 0.3) is 0 Å². The number of nitrogens with zero attached hydrogens (tertiary/aromatic N) is 1. The first kappa shape index (κ1) is 14.8. The van der Waals surface area contributed by atoms with E-state index in [-0.39, 0.29) is 17.4 Å². The van der Waals surface area contributed by atoms with Crippen LogP contribution in [-0.4, -0.2) is 50.2 Å². The molecule has 2 fully saturated rings. The molecule has 0 spiro atoms. The average molecular weight is 309 g/mol. The predicted molar refractivity (Wildman–Crippen MR) is 82.6 cm³/mol. The summed E-state index contributed by atoms with van der Waals surface area (Å²) in [6, 6.07) is 7.64. The number of halogens is 1. The third kappa shape index (κ3) is 3.23. The smallest absolute Gasteiger partial charge is 0.230 e. The number of hydrogen-bond acceptors (Lipinski definition) is 3. The standard InChI is InChI=1S/C16H21ClN2O2/c1-19-7-8-21-14(11-19)10-18-15(20)16(5-6-16)12-3-2-4-13(17)9-12/h2-4,9,14H,5-8,10-11H2,1H3,(H,18,20)/t14-/m1/s1. The van der Waals surface area contributed by atoms with Crippen LogP contribution in [0.15, 0.2) is 24.3 Å². The van der Waals surface area contributed by atoms with E-state index < -0.39 is 0 Å². The molecule has 1 heterocycles. The topological polar surface area (TPSA) is 41.6 Å². The molecule has 4 nitrogen and oxygen atoms in total. The zero-order valence-corrected chi connectivity index (χ0v) is 13.0. The maximum atomic E-state index is 12.5. The Morgan fingerprint density at radius 2 is 2.33 bits per heavy atom. The number of likely N-dealkylation sites (N-methyl/N-ethyl adjacent to an activating group) is 1. The number of ether oxygens (including phenoxy) is 1. The van der Waals surface area contributed by atoms with Crippen LogP contribution < -0.4 is 5.32 Å². The summed E-state index contributed by atoms with van der Waals surface area (Å²) in [7, 11) is 2.08. The lowest BCUT2D eigenvalue weighted by atomic mass is 9.95. The van der Waals surface area contributed by atoms with E-state index >= 15 is 0 Å². The molecular weight excluding hydrogens is 288 g/mol. The zero-order chi connectivity index (χ0) is 14.9. The molecule has 0 radical (unpaired) electrons. The van der Waals surface area contributed by atoms with Crippen LogP contribution in [0.2, 0.25) is 5.02 Å². The van der Waals surface area contributed by atoms with E-state index in [0.29, 0.717) is 11.6 Å². The quantitative estimate of drug-likeness (QED) is 0.922. The minimum atomic E-state index is -0.370. The molecular formula is C16H21ClN2O2.